The number of nitrogens with zero attached hydrogens (tertiary/aromatic N) is 3. The van der Waals surface area contributed by atoms with Crippen LogP contribution in [-0.2, 0) is 21.4 Å². The van der Waals surface area contributed by atoms with E-state index in [0.29, 0.717) is 9.54 Å². The summed E-state index contributed by atoms with van der Waals surface area (Å²) in [6.07, 6.45) is 2.53. The molecule has 0 aromatic carbocycles. The molecule has 0 aliphatic rings. The number of rotatable bonds is 5. The molecule has 0 atom stereocenters. The second kappa shape index (κ2) is 7.95. The Hall–Kier alpha value is -3.34. The molecule has 0 aliphatic carbocycles. The van der Waals surface area contributed by atoms with Gasteiger partial charge in [-0.2, -0.15) is 12.8 Å². The Kier molecular flexibility index (Phi) is 5.59. The summed E-state index contributed by atoms with van der Waals surface area (Å²) in [5.41, 5.74) is -0.589. The Morgan fingerprint density at radius 3 is 2.66 bits per heavy atom. The van der Waals surface area contributed by atoms with Crippen molar-refractivity contribution in [3.8, 4) is 11.3 Å². The molecule has 3 heterocycles. The molecule has 0 radical (unpaired) electrons. The summed E-state index contributed by atoms with van der Waals surface area (Å²) in [6.45, 7) is 1.10. The van der Waals surface area contributed by atoms with Gasteiger partial charge in [0.2, 0.25) is 5.95 Å². The van der Waals surface area contributed by atoms with Crippen molar-refractivity contribution in [2.24, 2.45) is 0 Å². The van der Waals surface area contributed by atoms with Gasteiger partial charge in [0.05, 0.1) is 5.56 Å². The highest BCUT2D eigenvalue weighted by atomic mass is 32.2. The highest BCUT2D eigenvalue weighted by molar-refractivity contribution is 7.90. The number of hydrogen-bond acceptors (Lipinski definition) is 6. The maximum atomic E-state index is 15.1. The van der Waals surface area contributed by atoms with Gasteiger partial charge >= 0.3 is 6.09 Å². The standard InChI is InChI=1S/C18H16F2N4O4S/c1-11-5-7-22-14(8-11)29(26,27)24-9-12(10-28-18(25)21-2)15(19)16(24)13-4-3-6-23-17(13)20/h3-9H,10H2,1-2H3,(H,21,25). The molecule has 0 spiro atoms. The molecule has 3 aromatic rings. The number of halogens is 2. The van der Waals surface area contributed by atoms with Crippen molar-refractivity contribution in [2.45, 2.75) is 18.6 Å². The predicted octanol–water partition coefficient (Wildman–Crippen LogP) is 2.62. The van der Waals surface area contributed by atoms with E-state index < -0.39 is 40.2 Å². The molecule has 0 saturated carbocycles. The first kappa shape index (κ1) is 20.4. The number of pyridine rings is 2. The van der Waals surface area contributed by atoms with E-state index >= 15 is 4.39 Å². The van der Waals surface area contributed by atoms with Gasteiger partial charge in [-0.25, -0.2) is 23.1 Å². The molecule has 0 aliphatic heterocycles. The lowest BCUT2D eigenvalue weighted by molar-refractivity contribution is 0.141. The van der Waals surface area contributed by atoms with Crippen LogP contribution in [0.15, 0.2) is 47.9 Å². The maximum Gasteiger partial charge on any atom is 0.407 e. The SMILES string of the molecule is CNC(=O)OCc1cn(S(=O)(=O)c2cc(C)ccn2)c(-c2cccnc2F)c1F. The molecule has 3 aromatic heterocycles. The van der Waals surface area contributed by atoms with Gasteiger partial charge in [-0.15, -0.1) is 0 Å². The molecule has 0 bridgehead atoms. The van der Waals surface area contributed by atoms with Crippen molar-refractivity contribution in [2.75, 3.05) is 7.05 Å². The minimum Gasteiger partial charge on any atom is -0.445 e. The fourth-order valence-electron chi connectivity index (χ4n) is 2.57. The van der Waals surface area contributed by atoms with Gasteiger partial charge in [0.15, 0.2) is 10.8 Å². The quantitative estimate of drug-likeness (QED) is 0.634. The zero-order valence-corrected chi connectivity index (χ0v) is 16.2. The largest absolute Gasteiger partial charge is 0.445 e. The van der Waals surface area contributed by atoms with Gasteiger partial charge in [0.1, 0.15) is 12.3 Å². The number of hydrogen-bond donors (Lipinski definition) is 1. The highest BCUT2D eigenvalue weighted by Crippen LogP contribution is 2.32. The van der Waals surface area contributed by atoms with Crippen LogP contribution in [0, 0.1) is 18.7 Å². The second-order valence-corrected chi connectivity index (χ2v) is 7.72. The summed E-state index contributed by atoms with van der Waals surface area (Å²) in [7, 11) is -3.07. The van der Waals surface area contributed by atoms with E-state index in [1.54, 1.807) is 13.0 Å². The number of nitrogens with one attached hydrogen (secondary N) is 1. The Bertz CT molecular complexity index is 1180. The average molecular weight is 422 g/mol. The summed E-state index contributed by atoms with van der Waals surface area (Å²) in [5, 5.41) is 1.84. The number of carbonyl (C=O) groups is 1. The monoisotopic (exact) mass is 422 g/mol. The first-order valence-corrected chi connectivity index (χ1v) is 9.73. The molecular weight excluding hydrogens is 406 g/mol. The van der Waals surface area contributed by atoms with E-state index in [-0.39, 0.29) is 16.2 Å². The summed E-state index contributed by atoms with van der Waals surface area (Å²) >= 11 is 0. The minimum atomic E-state index is -4.39. The van der Waals surface area contributed by atoms with E-state index in [2.05, 4.69) is 15.3 Å². The Morgan fingerprint density at radius 1 is 1.24 bits per heavy atom. The van der Waals surface area contributed by atoms with Gasteiger partial charge in [-0.1, -0.05) is 0 Å². The van der Waals surface area contributed by atoms with Crippen LogP contribution < -0.4 is 5.32 Å². The van der Waals surface area contributed by atoms with Gasteiger partial charge in [0, 0.05) is 31.2 Å². The van der Waals surface area contributed by atoms with Crippen molar-refractivity contribution < 1.29 is 26.7 Å². The van der Waals surface area contributed by atoms with Crippen molar-refractivity contribution >= 4 is 16.1 Å². The van der Waals surface area contributed by atoms with Crippen LogP contribution in [0.1, 0.15) is 11.1 Å². The number of alkyl carbamates (subject to hydrolysis) is 1. The lowest BCUT2D eigenvalue weighted by Crippen LogP contribution is -2.19. The van der Waals surface area contributed by atoms with E-state index in [9.17, 15) is 17.6 Å². The zero-order valence-electron chi connectivity index (χ0n) is 15.4. The zero-order chi connectivity index (χ0) is 21.2. The molecule has 152 valence electrons. The van der Waals surface area contributed by atoms with E-state index in [1.807, 2.05) is 0 Å². The van der Waals surface area contributed by atoms with Gasteiger partial charge < -0.3 is 10.1 Å². The summed E-state index contributed by atoms with van der Waals surface area (Å²) < 4.78 is 61.0. The first-order valence-electron chi connectivity index (χ1n) is 8.29. The second-order valence-electron chi connectivity index (χ2n) is 5.96. The average Bonchev–Trinajstić information content (AvgIpc) is 3.03. The summed E-state index contributed by atoms with van der Waals surface area (Å²) in [6, 6.07) is 5.43. The molecule has 0 unspecified atom stereocenters. The Labute approximate surface area is 165 Å². The third kappa shape index (κ3) is 3.94. The molecule has 11 heteroatoms. The van der Waals surface area contributed by atoms with Gasteiger partial charge in [0.25, 0.3) is 10.0 Å². The molecule has 1 N–H and O–H groups in total. The molecule has 8 nitrogen and oxygen atoms in total. The fraction of sp³-hybridized carbons (Fsp3) is 0.167. The van der Waals surface area contributed by atoms with Crippen LogP contribution >= 0.6 is 0 Å². The first-order chi connectivity index (χ1) is 13.8. The van der Waals surface area contributed by atoms with Crippen LogP contribution in [0.4, 0.5) is 13.6 Å². The van der Waals surface area contributed by atoms with Crippen LogP contribution in [-0.4, -0.2) is 35.5 Å². The van der Waals surface area contributed by atoms with Crippen LogP contribution in [0.5, 0.6) is 0 Å². The lowest BCUT2D eigenvalue weighted by Gasteiger charge is -2.10. The predicted molar refractivity (Wildman–Crippen MR) is 98.4 cm³/mol. The third-order valence-electron chi connectivity index (χ3n) is 3.97. The lowest BCUT2D eigenvalue weighted by atomic mass is 10.2. The van der Waals surface area contributed by atoms with Crippen LogP contribution in [0.25, 0.3) is 11.3 Å². The minimum absolute atomic E-state index is 0.261. The number of ether oxygens (including phenoxy) is 1. The van der Waals surface area contributed by atoms with Crippen molar-refractivity contribution in [3.05, 3.63) is 65.7 Å². The van der Waals surface area contributed by atoms with Crippen molar-refractivity contribution in [1.29, 1.82) is 0 Å². The van der Waals surface area contributed by atoms with E-state index in [0.717, 1.165) is 12.4 Å². The fourth-order valence-corrected chi connectivity index (χ4v) is 3.98. The van der Waals surface area contributed by atoms with E-state index in [1.165, 1.54) is 31.4 Å². The van der Waals surface area contributed by atoms with Gasteiger partial charge in [-0.3, -0.25) is 0 Å². The number of carbonyl (C=O) groups excluding carboxylic acids is 1. The van der Waals surface area contributed by atoms with Crippen LogP contribution in [0.3, 0.4) is 0 Å². The third-order valence-corrected chi connectivity index (χ3v) is 5.53. The molecule has 1 amide bonds. The molecular formula is C18H16F2N4O4S. The van der Waals surface area contributed by atoms with Crippen LogP contribution in [0.2, 0.25) is 0 Å². The molecule has 0 fully saturated rings. The smallest absolute Gasteiger partial charge is 0.407 e. The maximum absolute atomic E-state index is 15.1. The summed E-state index contributed by atoms with van der Waals surface area (Å²) in [4.78, 5) is 18.6. The molecule has 29 heavy (non-hydrogen) atoms. The van der Waals surface area contributed by atoms with Crippen molar-refractivity contribution in [3.63, 3.8) is 0 Å². The number of amides is 1. The van der Waals surface area contributed by atoms with Crippen molar-refractivity contribution in [1.82, 2.24) is 19.3 Å². The number of aryl methyl sites for hydroxylation is 1. The highest BCUT2D eigenvalue weighted by Gasteiger charge is 2.29. The summed E-state index contributed by atoms with van der Waals surface area (Å²) in [5.74, 6) is -2.12. The normalized spacial score (nSPS) is 11.3. The number of aromatic nitrogens is 3. The Balaban J connectivity index is 2.22. The Morgan fingerprint density at radius 2 is 2.00 bits per heavy atom. The van der Waals surface area contributed by atoms with Gasteiger partial charge in [-0.05, 0) is 36.8 Å². The van der Waals surface area contributed by atoms with E-state index in [4.69, 9.17) is 4.74 Å². The molecule has 0 saturated heterocycles. The topological polar surface area (TPSA) is 103 Å². The molecule has 3 rings (SSSR count).